The summed E-state index contributed by atoms with van der Waals surface area (Å²) in [6.45, 7) is 0. The molecule has 0 aliphatic heterocycles. The molecule has 3 heterocycles. The fourth-order valence-electron chi connectivity index (χ4n) is 3.50. The summed E-state index contributed by atoms with van der Waals surface area (Å²) < 4.78 is 44.5. The fourth-order valence-corrected chi connectivity index (χ4v) is 5.82. The molecule has 0 radical (unpaired) electrons. The maximum absolute atomic E-state index is 13.7. The molecule has 1 amide bonds. The van der Waals surface area contributed by atoms with Gasteiger partial charge >= 0.3 is 0 Å². The first kappa shape index (κ1) is 25.4. The molecule has 15 heteroatoms. The van der Waals surface area contributed by atoms with Crippen LogP contribution in [0.3, 0.4) is 0 Å². The number of benzene rings is 1. The number of rotatable bonds is 9. The predicted octanol–water partition coefficient (Wildman–Crippen LogP) is 4.60. The summed E-state index contributed by atoms with van der Waals surface area (Å²) in [5.41, 5.74) is 3.67. The van der Waals surface area contributed by atoms with Gasteiger partial charge in [-0.2, -0.15) is 0 Å². The van der Waals surface area contributed by atoms with Gasteiger partial charge in [-0.15, -0.1) is 0 Å². The van der Waals surface area contributed by atoms with Gasteiger partial charge < -0.3 is 15.2 Å². The van der Waals surface area contributed by atoms with Crippen LogP contribution in [0.25, 0.3) is 22.4 Å². The largest absolute Gasteiger partial charge is 0.352 e. The molecule has 0 fully saturated rings. The Balaban J connectivity index is 1.89. The number of aryl methyl sites for hydroxylation is 1. The number of anilines is 4. The molecule has 2 unspecified atom stereocenters. The van der Waals surface area contributed by atoms with Gasteiger partial charge in [0.1, 0.15) is 22.3 Å². The van der Waals surface area contributed by atoms with E-state index in [4.69, 9.17) is 0 Å². The Labute approximate surface area is 216 Å². The van der Waals surface area contributed by atoms with E-state index in [9.17, 15) is 17.8 Å². The molecule has 1 aromatic carbocycles. The van der Waals surface area contributed by atoms with Gasteiger partial charge in [0.05, 0.1) is 41.7 Å². The number of halogens is 3. The maximum atomic E-state index is 13.7. The van der Waals surface area contributed by atoms with E-state index < -0.39 is 23.2 Å². The van der Waals surface area contributed by atoms with Gasteiger partial charge in [0.25, 0.3) is 6.43 Å². The number of hydrogen-bond donors (Lipinski definition) is 2. The van der Waals surface area contributed by atoms with Crippen LogP contribution in [-0.2, 0) is 22.8 Å². The molecule has 35 heavy (non-hydrogen) atoms. The van der Waals surface area contributed by atoms with Crippen LogP contribution in [0.5, 0.6) is 0 Å². The molecule has 10 nitrogen and oxygen atoms in total. The summed E-state index contributed by atoms with van der Waals surface area (Å²) in [6, 6.07) is 7.04. The molecule has 184 valence electrons. The second-order valence-electron chi connectivity index (χ2n) is 7.35. The normalized spacial score (nSPS) is 12.5. The summed E-state index contributed by atoms with van der Waals surface area (Å²) in [5, 5.41) is 5.70. The Hall–Kier alpha value is -2.71. The number of amides is 1. The van der Waals surface area contributed by atoms with Crippen molar-refractivity contribution in [2.24, 2.45) is 7.05 Å². The number of aromatic nitrogens is 5. The Morgan fingerprint density at radius 3 is 2.63 bits per heavy atom. The van der Waals surface area contributed by atoms with Crippen molar-refractivity contribution in [2.45, 2.75) is 6.43 Å². The van der Waals surface area contributed by atoms with Crippen molar-refractivity contribution in [1.82, 2.24) is 23.9 Å². The number of hydrogen-bond acceptors (Lipinski definition) is 6. The Bertz CT molecular complexity index is 1430. The average Bonchev–Trinajstić information content (AvgIpc) is 3.42. The lowest BCUT2D eigenvalue weighted by Gasteiger charge is -2.22. The van der Waals surface area contributed by atoms with Crippen LogP contribution in [-0.4, -0.2) is 47.8 Å². The van der Waals surface area contributed by atoms with Gasteiger partial charge in [-0.05, 0) is 34.2 Å². The minimum Gasteiger partial charge on any atom is -0.352 e. The molecular weight excluding hydrogens is 612 g/mol. The van der Waals surface area contributed by atoms with Crippen molar-refractivity contribution in [3.8, 4) is 11.3 Å². The van der Waals surface area contributed by atoms with Gasteiger partial charge in [-0.1, -0.05) is 6.07 Å². The molecule has 4 rings (SSSR count). The highest BCUT2D eigenvalue weighted by Gasteiger charge is 2.23. The topological polar surface area (TPSA) is 110 Å². The molecule has 3 aromatic heterocycles. The zero-order valence-corrected chi connectivity index (χ0v) is 22.6. The van der Waals surface area contributed by atoms with E-state index >= 15 is 0 Å². The van der Waals surface area contributed by atoms with Crippen molar-refractivity contribution in [3.63, 3.8) is 0 Å². The molecule has 0 saturated heterocycles. The highest BCUT2D eigenvalue weighted by atomic mass is 127. The summed E-state index contributed by atoms with van der Waals surface area (Å²) >= 11 is 1.98. The molecule has 4 aromatic rings. The first-order chi connectivity index (χ1) is 16.7. The Kier molecular flexibility index (Phi) is 7.62. The minimum absolute atomic E-state index is 0.0820. The van der Waals surface area contributed by atoms with E-state index in [1.165, 1.54) is 10.4 Å². The lowest BCUT2D eigenvalue weighted by atomic mass is 10.1. The minimum atomic E-state index is -2.80. The van der Waals surface area contributed by atoms with Crippen molar-refractivity contribution in [1.29, 1.82) is 0 Å². The quantitative estimate of drug-likeness (QED) is 0.159. The number of alkyl halides is 2. The van der Waals surface area contributed by atoms with Crippen LogP contribution in [0, 0.1) is 0 Å². The SMILES string of the molecule is CN(c1cc(-c2cncn2C)ccc1Nc1cc(NC=O)nc2c1nc(C(F)F)n2PI)S(C)=O. The lowest BCUT2D eigenvalue weighted by Crippen LogP contribution is -2.20. The van der Waals surface area contributed by atoms with E-state index in [0.29, 0.717) is 23.5 Å². The molecule has 0 bridgehead atoms. The third-order valence-corrected chi connectivity index (χ3v) is 8.26. The molecular formula is C20H20F2IN8O2PS. The molecule has 2 atom stereocenters. The van der Waals surface area contributed by atoms with E-state index in [1.807, 2.05) is 45.8 Å². The standard InChI is InChI=1S/C20H20F2IN8O2PS/c1-29-9-24-8-15(29)11-4-5-12(14(6-11)30(2)35(3)33)26-13-7-16(25-10-32)27-19-17(13)28-20(18(21)22)31(19)34-23/h4-10,18,34H,1-3H3,(H2,25,26,27,32). The molecule has 0 saturated carbocycles. The zero-order chi connectivity index (χ0) is 25.3. The number of imidazole rings is 2. The Morgan fingerprint density at radius 2 is 2.03 bits per heavy atom. The summed E-state index contributed by atoms with van der Waals surface area (Å²) in [4.78, 5) is 23.7. The van der Waals surface area contributed by atoms with Gasteiger partial charge in [0, 0.05) is 32.0 Å². The van der Waals surface area contributed by atoms with E-state index in [-0.39, 0.29) is 23.4 Å². The second-order valence-corrected chi connectivity index (χ2v) is 10.8. The second kappa shape index (κ2) is 10.5. The summed E-state index contributed by atoms with van der Waals surface area (Å²) in [6.07, 6.45) is 2.53. The molecule has 0 aliphatic carbocycles. The van der Waals surface area contributed by atoms with E-state index in [0.717, 1.165) is 11.3 Å². The highest BCUT2D eigenvalue weighted by Crippen LogP contribution is 2.40. The van der Waals surface area contributed by atoms with Gasteiger partial charge in [-0.3, -0.25) is 13.4 Å². The van der Waals surface area contributed by atoms with Gasteiger partial charge in [0.2, 0.25) is 6.41 Å². The molecule has 0 aliphatic rings. The van der Waals surface area contributed by atoms with Crippen molar-refractivity contribution >= 4 is 79.9 Å². The van der Waals surface area contributed by atoms with Crippen LogP contribution >= 0.6 is 28.4 Å². The van der Waals surface area contributed by atoms with Crippen LogP contribution in [0.15, 0.2) is 36.8 Å². The number of carbonyl (C=O) groups excluding carboxylic acids is 1. The van der Waals surface area contributed by atoms with Crippen LogP contribution < -0.4 is 14.9 Å². The first-order valence-corrected chi connectivity index (χ1v) is 15.6. The number of nitrogens with one attached hydrogen (secondary N) is 2. The summed E-state index contributed by atoms with van der Waals surface area (Å²) in [5.74, 6) is -0.239. The van der Waals surface area contributed by atoms with Gasteiger partial charge in [-0.25, -0.2) is 27.9 Å². The smallest absolute Gasteiger partial charge is 0.295 e. The van der Waals surface area contributed by atoms with Crippen molar-refractivity contribution in [3.05, 3.63) is 42.6 Å². The van der Waals surface area contributed by atoms with Crippen molar-refractivity contribution < 1.29 is 17.8 Å². The van der Waals surface area contributed by atoms with E-state index in [2.05, 4.69) is 25.6 Å². The van der Waals surface area contributed by atoms with Crippen molar-refractivity contribution in [2.75, 3.05) is 28.2 Å². The Morgan fingerprint density at radius 1 is 1.26 bits per heavy atom. The predicted molar refractivity (Wildman–Crippen MR) is 144 cm³/mol. The number of carbonyl (C=O) groups is 1. The average molecular weight is 632 g/mol. The van der Waals surface area contributed by atoms with Gasteiger partial charge in [0.15, 0.2) is 11.5 Å². The highest BCUT2D eigenvalue weighted by molar-refractivity contribution is 14.2. The number of fused-ring (bicyclic) bond motifs is 1. The zero-order valence-electron chi connectivity index (χ0n) is 18.7. The number of pyridine rings is 1. The first-order valence-electron chi connectivity index (χ1n) is 9.98. The van der Waals surface area contributed by atoms with Crippen LogP contribution in [0.4, 0.5) is 31.7 Å². The number of nitrogens with zero attached hydrogens (tertiary/aromatic N) is 6. The molecule has 2 N–H and O–H groups in total. The molecule has 0 spiro atoms. The monoisotopic (exact) mass is 632 g/mol. The van der Waals surface area contributed by atoms with E-state index in [1.54, 1.807) is 36.2 Å². The fraction of sp³-hybridized carbons (Fsp3) is 0.200. The summed E-state index contributed by atoms with van der Waals surface area (Å²) in [7, 11) is 2.21. The maximum Gasteiger partial charge on any atom is 0.295 e. The van der Waals surface area contributed by atoms with Crippen LogP contribution in [0.2, 0.25) is 0 Å². The third-order valence-electron chi connectivity index (χ3n) is 5.23. The van der Waals surface area contributed by atoms with Crippen LogP contribution in [0.1, 0.15) is 12.2 Å². The lowest BCUT2D eigenvalue weighted by molar-refractivity contribution is -0.105. The third kappa shape index (κ3) is 5.00.